The Labute approximate surface area is 226 Å². The number of fused-ring (bicyclic) bond motifs is 1. The molecule has 3 rings (SSSR count). The quantitative estimate of drug-likeness (QED) is 0.279. The van der Waals surface area contributed by atoms with Gasteiger partial charge in [-0.2, -0.15) is 0 Å². The minimum atomic E-state index is -1.27. The fourth-order valence-corrected chi connectivity index (χ4v) is 4.50. The van der Waals surface area contributed by atoms with Gasteiger partial charge in [0.05, 0.1) is 10.9 Å². The summed E-state index contributed by atoms with van der Waals surface area (Å²) in [6.07, 6.45) is 0.759. The van der Waals surface area contributed by atoms with Crippen molar-refractivity contribution in [2.24, 2.45) is 11.8 Å². The number of rotatable bonds is 12. The van der Waals surface area contributed by atoms with Gasteiger partial charge in [-0.05, 0) is 36.0 Å². The normalized spacial score (nSPS) is 14.4. The van der Waals surface area contributed by atoms with E-state index < -0.39 is 47.2 Å². The lowest BCUT2D eigenvalue weighted by atomic mass is 9.96. The van der Waals surface area contributed by atoms with Crippen LogP contribution in [0, 0.1) is 11.8 Å². The number of nitrogens with zero attached hydrogens (tertiary/aromatic N) is 1. The third-order valence-corrected chi connectivity index (χ3v) is 6.84. The molecule has 0 saturated heterocycles. The van der Waals surface area contributed by atoms with E-state index in [0.717, 1.165) is 4.57 Å². The summed E-state index contributed by atoms with van der Waals surface area (Å²) in [7, 11) is 0. The number of amides is 2. The fourth-order valence-electron chi connectivity index (χ4n) is 4.50. The van der Waals surface area contributed by atoms with Crippen molar-refractivity contribution in [3.05, 3.63) is 81.0 Å². The molecule has 4 N–H and O–H groups in total. The number of aromatic amines is 1. The van der Waals surface area contributed by atoms with E-state index in [-0.39, 0.29) is 30.1 Å². The molecule has 0 spiro atoms. The van der Waals surface area contributed by atoms with Gasteiger partial charge in [0.15, 0.2) is 0 Å². The van der Waals surface area contributed by atoms with Crippen LogP contribution in [0.5, 0.6) is 0 Å². The molecular weight excluding hydrogens is 500 g/mol. The van der Waals surface area contributed by atoms with E-state index >= 15 is 0 Å². The molecule has 0 aliphatic heterocycles. The molecule has 10 nitrogen and oxygen atoms in total. The molecule has 10 heteroatoms. The van der Waals surface area contributed by atoms with Gasteiger partial charge in [-0.3, -0.25) is 14.4 Å². The molecule has 0 bridgehead atoms. The molecule has 3 aromatic rings. The van der Waals surface area contributed by atoms with Gasteiger partial charge in [0.1, 0.15) is 18.1 Å². The van der Waals surface area contributed by atoms with Crippen molar-refractivity contribution in [3.8, 4) is 0 Å². The zero-order valence-electron chi connectivity index (χ0n) is 22.6. The van der Waals surface area contributed by atoms with Gasteiger partial charge in [0.25, 0.3) is 5.56 Å². The predicted molar refractivity (Wildman–Crippen MR) is 148 cm³/mol. The van der Waals surface area contributed by atoms with Crippen molar-refractivity contribution in [2.45, 2.75) is 65.1 Å². The Morgan fingerprint density at radius 1 is 0.923 bits per heavy atom. The predicted octanol–water partition coefficient (Wildman–Crippen LogP) is 2.62. The molecule has 1 heterocycles. The van der Waals surface area contributed by atoms with E-state index in [1.54, 1.807) is 55.5 Å². The van der Waals surface area contributed by atoms with Gasteiger partial charge in [0.2, 0.25) is 11.8 Å². The molecule has 2 aromatic carbocycles. The average molecular weight is 537 g/mol. The Morgan fingerprint density at radius 2 is 1.56 bits per heavy atom. The van der Waals surface area contributed by atoms with Crippen LogP contribution in [0.25, 0.3) is 10.9 Å². The summed E-state index contributed by atoms with van der Waals surface area (Å²) in [5, 5.41) is 15.1. The zero-order valence-corrected chi connectivity index (χ0v) is 22.6. The van der Waals surface area contributed by atoms with Crippen LogP contribution >= 0.6 is 0 Å². The summed E-state index contributed by atoms with van der Waals surface area (Å²) in [6.45, 7) is 7.32. The van der Waals surface area contributed by atoms with Crippen LogP contribution in [0.3, 0.4) is 0 Å². The second-order valence-electron chi connectivity index (χ2n) is 10.3. The number of para-hydroxylation sites is 1. The Hall–Kier alpha value is -4.21. The monoisotopic (exact) mass is 536 g/mol. The highest BCUT2D eigenvalue weighted by Gasteiger charge is 2.33. The van der Waals surface area contributed by atoms with E-state index in [4.69, 9.17) is 0 Å². The van der Waals surface area contributed by atoms with E-state index in [1.165, 1.54) is 0 Å². The molecule has 0 aliphatic rings. The Morgan fingerprint density at radius 3 is 2.18 bits per heavy atom. The van der Waals surface area contributed by atoms with Gasteiger partial charge in [0, 0.05) is 6.42 Å². The lowest BCUT2D eigenvalue weighted by Crippen LogP contribution is -2.56. The molecule has 39 heavy (non-hydrogen) atoms. The number of hydrogen-bond donors (Lipinski definition) is 4. The average Bonchev–Trinajstić information content (AvgIpc) is 2.90. The van der Waals surface area contributed by atoms with Gasteiger partial charge in [-0.15, -0.1) is 0 Å². The third-order valence-electron chi connectivity index (χ3n) is 6.84. The number of carboxylic acids is 1. The molecule has 0 fully saturated rings. The first-order valence-corrected chi connectivity index (χ1v) is 13.1. The number of carboxylic acid groups (broad SMARTS) is 1. The van der Waals surface area contributed by atoms with Crippen LogP contribution in [-0.4, -0.2) is 44.5 Å². The Bertz CT molecular complexity index is 1430. The van der Waals surface area contributed by atoms with E-state index in [9.17, 15) is 29.1 Å². The number of carbonyl (C=O) groups excluding carboxylic acids is 2. The third kappa shape index (κ3) is 7.22. The first-order valence-electron chi connectivity index (χ1n) is 13.1. The maximum absolute atomic E-state index is 13.8. The highest BCUT2D eigenvalue weighted by molar-refractivity contribution is 5.91. The van der Waals surface area contributed by atoms with Gasteiger partial charge in [-0.1, -0.05) is 76.6 Å². The van der Waals surface area contributed by atoms with Crippen LogP contribution in [0.4, 0.5) is 0 Å². The Balaban J connectivity index is 2.02. The fraction of sp³-hybridized carbons (Fsp3) is 0.414. The lowest BCUT2D eigenvalue weighted by molar-refractivity contribution is -0.143. The molecular formula is C29H36N4O6. The molecule has 208 valence electrons. The summed E-state index contributed by atoms with van der Waals surface area (Å²) in [5.74, 6) is -2.83. The molecule has 2 amide bonds. The number of H-pyrrole nitrogens is 1. The number of nitrogens with one attached hydrogen (secondary N) is 3. The SMILES string of the molecule is CC[C@@H](C)[C@H](NC(=O)[C@@H](Cc1ccccc1)n1c(=O)[nH]c2ccccc2c1=O)C(=O)N[C@H](CC(C)C)C(=O)O. The van der Waals surface area contributed by atoms with E-state index in [0.29, 0.717) is 17.5 Å². The van der Waals surface area contributed by atoms with Crippen molar-refractivity contribution in [3.63, 3.8) is 0 Å². The molecule has 0 radical (unpaired) electrons. The minimum absolute atomic E-state index is 0.0183. The highest BCUT2D eigenvalue weighted by Crippen LogP contribution is 2.16. The first-order chi connectivity index (χ1) is 18.5. The van der Waals surface area contributed by atoms with Crippen LogP contribution in [0.15, 0.2) is 64.2 Å². The Kier molecular flexibility index (Phi) is 9.81. The molecule has 0 saturated carbocycles. The highest BCUT2D eigenvalue weighted by atomic mass is 16.4. The van der Waals surface area contributed by atoms with Crippen LogP contribution < -0.4 is 21.9 Å². The van der Waals surface area contributed by atoms with Crippen molar-refractivity contribution in [1.82, 2.24) is 20.2 Å². The van der Waals surface area contributed by atoms with Gasteiger partial charge < -0.3 is 20.7 Å². The summed E-state index contributed by atoms with van der Waals surface area (Å²) in [6, 6.07) is 12.0. The van der Waals surface area contributed by atoms with Crippen LogP contribution in [0.1, 0.15) is 52.1 Å². The van der Waals surface area contributed by atoms with Crippen LogP contribution in [-0.2, 0) is 20.8 Å². The summed E-state index contributed by atoms with van der Waals surface area (Å²) < 4.78 is 0.884. The minimum Gasteiger partial charge on any atom is -0.480 e. The molecule has 0 aliphatic carbocycles. The first kappa shape index (κ1) is 29.3. The molecule has 1 aromatic heterocycles. The van der Waals surface area contributed by atoms with Crippen molar-refractivity contribution >= 4 is 28.7 Å². The number of aliphatic carboxylic acids is 1. The van der Waals surface area contributed by atoms with Gasteiger partial charge in [-0.25, -0.2) is 14.2 Å². The molecule has 0 unspecified atom stereocenters. The maximum atomic E-state index is 13.8. The van der Waals surface area contributed by atoms with Crippen LogP contribution in [0.2, 0.25) is 0 Å². The zero-order chi connectivity index (χ0) is 28.7. The maximum Gasteiger partial charge on any atom is 0.329 e. The largest absolute Gasteiger partial charge is 0.480 e. The van der Waals surface area contributed by atoms with Gasteiger partial charge >= 0.3 is 11.7 Å². The lowest BCUT2D eigenvalue weighted by Gasteiger charge is -2.28. The second kappa shape index (κ2) is 13.0. The molecule has 4 atom stereocenters. The topological polar surface area (TPSA) is 150 Å². The van der Waals surface area contributed by atoms with E-state index in [2.05, 4.69) is 15.6 Å². The standard InChI is InChI=1S/C29H36N4O6/c1-5-18(4)24(26(35)30-22(28(37)38)15-17(2)3)32-25(34)23(16-19-11-7-6-8-12-19)33-27(36)20-13-9-10-14-21(20)31-29(33)39/h6-14,17-18,22-24H,5,15-16H2,1-4H3,(H,30,35)(H,31,39)(H,32,34)(H,37,38)/t18-,22-,23-,24+/m1/s1. The van der Waals surface area contributed by atoms with E-state index in [1.807, 2.05) is 26.8 Å². The van der Waals surface area contributed by atoms with Crippen molar-refractivity contribution in [2.75, 3.05) is 0 Å². The smallest absolute Gasteiger partial charge is 0.329 e. The summed E-state index contributed by atoms with van der Waals surface area (Å²) in [4.78, 5) is 68.0. The number of hydrogen-bond acceptors (Lipinski definition) is 5. The number of aromatic nitrogens is 2. The second-order valence-corrected chi connectivity index (χ2v) is 10.3. The number of benzene rings is 2. The summed E-state index contributed by atoms with van der Waals surface area (Å²) in [5.41, 5.74) is -0.311. The number of carbonyl (C=O) groups is 3. The van der Waals surface area contributed by atoms with Crippen molar-refractivity contribution < 1.29 is 19.5 Å². The van der Waals surface area contributed by atoms with Crippen molar-refractivity contribution in [1.29, 1.82) is 0 Å². The summed E-state index contributed by atoms with van der Waals surface area (Å²) >= 11 is 0.